The average Bonchev–Trinajstić information content (AvgIpc) is 3.30. The molecule has 1 aliphatic rings. The van der Waals surface area contributed by atoms with E-state index in [0.29, 0.717) is 6.04 Å². The van der Waals surface area contributed by atoms with Crippen LogP contribution in [0, 0.1) is 0 Å². The number of aliphatic imine (C=N–C) groups is 1. The van der Waals surface area contributed by atoms with Crippen molar-refractivity contribution in [3.63, 3.8) is 0 Å². The normalized spacial score (nSPS) is 16.5. The highest BCUT2D eigenvalue weighted by Gasteiger charge is 2.22. The molecular formula is C19H31IN6O. The highest BCUT2D eigenvalue weighted by molar-refractivity contribution is 14.0. The third-order valence-electron chi connectivity index (χ3n) is 4.58. The molecule has 0 radical (unpaired) electrons. The Labute approximate surface area is 178 Å². The van der Waals surface area contributed by atoms with Crippen LogP contribution in [0.5, 0.6) is 0 Å². The van der Waals surface area contributed by atoms with Crippen molar-refractivity contribution in [1.82, 2.24) is 25.4 Å². The minimum atomic E-state index is 0. The number of guanidine groups is 1. The van der Waals surface area contributed by atoms with E-state index in [0.717, 1.165) is 81.5 Å². The zero-order valence-electron chi connectivity index (χ0n) is 16.3. The van der Waals surface area contributed by atoms with Gasteiger partial charge in [0.25, 0.3) is 0 Å². The predicted octanol–water partition coefficient (Wildman–Crippen LogP) is 2.94. The molecule has 1 atom stereocenters. The molecule has 0 fully saturated rings. The maximum atomic E-state index is 5.40. The molecule has 2 aromatic rings. The number of aryl methyl sites for hydroxylation is 2. The lowest BCUT2D eigenvalue weighted by Gasteiger charge is -2.25. The van der Waals surface area contributed by atoms with Crippen LogP contribution in [0.15, 0.2) is 27.8 Å². The number of aromatic nitrogens is 3. The summed E-state index contributed by atoms with van der Waals surface area (Å²) in [5.74, 6) is 3.92. The lowest BCUT2D eigenvalue weighted by atomic mass is 10.1. The molecule has 0 saturated carbocycles. The van der Waals surface area contributed by atoms with E-state index in [1.54, 1.807) is 6.26 Å². The van der Waals surface area contributed by atoms with E-state index in [9.17, 15) is 0 Å². The Hall–Kier alpha value is -1.58. The van der Waals surface area contributed by atoms with Gasteiger partial charge in [0.2, 0.25) is 0 Å². The quantitative estimate of drug-likeness (QED) is 0.260. The van der Waals surface area contributed by atoms with E-state index in [2.05, 4.69) is 34.6 Å². The van der Waals surface area contributed by atoms with Crippen LogP contribution < -0.4 is 10.6 Å². The van der Waals surface area contributed by atoms with Crippen LogP contribution in [0.1, 0.15) is 50.5 Å². The average molecular weight is 486 g/mol. The number of hydrogen-bond acceptors (Lipinski definition) is 4. The molecular weight excluding hydrogens is 455 g/mol. The van der Waals surface area contributed by atoms with Crippen LogP contribution in [0.3, 0.4) is 0 Å². The Balaban J connectivity index is 0.00000261. The highest BCUT2D eigenvalue weighted by atomic mass is 127. The van der Waals surface area contributed by atoms with Gasteiger partial charge >= 0.3 is 0 Å². The summed E-state index contributed by atoms with van der Waals surface area (Å²) in [5.41, 5.74) is 0. The second-order valence-electron chi connectivity index (χ2n) is 6.70. The molecule has 0 aliphatic carbocycles. The molecule has 2 aromatic heterocycles. The summed E-state index contributed by atoms with van der Waals surface area (Å²) in [6, 6.07) is 4.25. The van der Waals surface area contributed by atoms with Gasteiger partial charge in [0.15, 0.2) is 11.8 Å². The van der Waals surface area contributed by atoms with Crippen molar-refractivity contribution in [2.75, 3.05) is 13.1 Å². The van der Waals surface area contributed by atoms with Crippen LogP contribution in [-0.4, -0.2) is 39.9 Å². The number of unbranched alkanes of at least 4 members (excludes halogenated alkanes) is 1. The number of furan rings is 1. The Morgan fingerprint density at radius 2 is 2.30 bits per heavy atom. The van der Waals surface area contributed by atoms with E-state index in [4.69, 9.17) is 9.41 Å². The minimum absolute atomic E-state index is 0. The molecule has 3 heterocycles. The number of nitrogens with one attached hydrogen (secondary N) is 2. The van der Waals surface area contributed by atoms with Crippen LogP contribution in [-0.2, 0) is 25.8 Å². The van der Waals surface area contributed by atoms with Crippen molar-refractivity contribution in [1.29, 1.82) is 0 Å². The van der Waals surface area contributed by atoms with Gasteiger partial charge in [0.1, 0.15) is 11.6 Å². The second kappa shape index (κ2) is 11.3. The summed E-state index contributed by atoms with van der Waals surface area (Å²) in [4.78, 5) is 9.31. The predicted molar refractivity (Wildman–Crippen MR) is 118 cm³/mol. The van der Waals surface area contributed by atoms with Crippen molar-refractivity contribution in [2.45, 2.75) is 65.0 Å². The third kappa shape index (κ3) is 6.51. The van der Waals surface area contributed by atoms with Crippen molar-refractivity contribution >= 4 is 29.9 Å². The third-order valence-corrected chi connectivity index (χ3v) is 4.58. The first-order chi connectivity index (χ1) is 12.8. The van der Waals surface area contributed by atoms with Gasteiger partial charge < -0.3 is 15.1 Å². The maximum Gasteiger partial charge on any atom is 0.191 e. The molecule has 0 aromatic carbocycles. The van der Waals surface area contributed by atoms with E-state index in [1.807, 2.05) is 16.8 Å². The van der Waals surface area contributed by atoms with Crippen molar-refractivity contribution < 1.29 is 4.42 Å². The second-order valence-corrected chi connectivity index (χ2v) is 6.70. The molecule has 150 valence electrons. The Morgan fingerprint density at radius 3 is 3.04 bits per heavy atom. The van der Waals surface area contributed by atoms with E-state index >= 15 is 0 Å². The fourth-order valence-electron chi connectivity index (χ4n) is 3.08. The lowest BCUT2D eigenvalue weighted by Crippen LogP contribution is -2.47. The molecule has 3 rings (SSSR count). The van der Waals surface area contributed by atoms with Gasteiger partial charge in [-0.3, -0.25) is 4.99 Å². The Bertz CT molecular complexity index is 697. The molecule has 7 nitrogen and oxygen atoms in total. The van der Waals surface area contributed by atoms with Crippen LogP contribution in [0.4, 0.5) is 0 Å². The fourth-order valence-corrected chi connectivity index (χ4v) is 3.08. The molecule has 1 unspecified atom stereocenters. The molecule has 1 aliphatic heterocycles. The molecule has 27 heavy (non-hydrogen) atoms. The fraction of sp³-hybridized carbons (Fsp3) is 0.632. The number of nitrogens with zero attached hydrogens (tertiary/aromatic N) is 4. The number of fused-ring (bicyclic) bond motifs is 1. The van der Waals surface area contributed by atoms with E-state index in [-0.39, 0.29) is 24.0 Å². The molecule has 8 heteroatoms. The largest absolute Gasteiger partial charge is 0.469 e. The maximum absolute atomic E-state index is 5.40. The van der Waals surface area contributed by atoms with Gasteiger partial charge in [-0.1, -0.05) is 20.3 Å². The molecule has 0 amide bonds. The van der Waals surface area contributed by atoms with Gasteiger partial charge in [-0.05, 0) is 25.0 Å². The van der Waals surface area contributed by atoms with Gasteiger partial charge in [-0.15, -0.1) is 24.0 Å². The first-order valence-corrected chi connectivity index (χ1v) is 9.78. The van der Waals surface area contributed by atoms with Crippen molar-refractivity contribution in [2.24, 2.45) is 4.99 Å². The number of rotatable bonds is 8. The smallest absolute Gasteiger partial charge is 0.191 e. The van der Waals surface area contributed by atoms with Crippen molar-refractivity contribution in [3.05, 3.63) is 35.8 Å². The molecule has 2 N–H and O–H groups in total. The van der Waals surface area contributed by atoms with Gasteiger partial charge in [0, 0.05) is 38.4 Å². The first-order valence-electron chi connectivity index (χ1n) is 9.78. The summed E-state index contributed by atoms with van der Waals surface area (Å²) in [5, 5.41) is 11.6. The van der Waals surface area contributed by atoms with Gasteiger partial charge in [-0.2, -0.15) is 5.10 Å². The van der Waals surface area contributed by atoms with Crippen LogP contribution >= 0.6 is 24.0 Å². The summed E-state index contributed by atoms with van der Waals surface area (Å²) in [7, 11) is 0. The SMILES string of the molecule is CCCCN=C(NCCc1ccco1)NC1CCc2nc(CC)nn2C1.I. The number of hydrogen-bond donors (Lipinski definition) is 2. The first kappa shape index (κ1) is 21.7. The van der Waals surface area contributed by atoms with Crippen molar-refractivity contribution in [3.8, 4) is 0 Å². The lowest BCUT2D eigenvalue weighted by molar-refractivity contribution is 0.391. The van der Waals surface area contributed by atoms with E-state index < -0.39 is 0 Å². The molecule has 0 bridgehead atoms. The summed E-state index contributed by atoms with van der Waals surface area (Å²) >= 11 is 0. The van der Waals surface area contributed by atoms with E-state index in [1.165, 1.54) is 0 Å². The summed E-state index contributed by atoms with van der Waals surface area (Å²) in [6.07, 6.45) is 7.70. The Kier molecular flexibility index (Phi) is 9.09. The standard InChI is InChI=1S/C19H30N6O.HI/c1-3-5-11-20-19(21-12-10-16-7-6-13-26-16)22-15-8-9-18-23-17(4-2)24-25(18)14-15;/h6-7,13,15H,3-5,8-12,14H2,1-2H3,(H2,20,21,22);1H. The highest BCUT2D eigenvalue weighted by Crippen LogP contribution is 2.13. The van der Waals surface area contributed by atoms with Crippen LogP contribution in [0.2, 0.25) is 0 Å². The topological polar surface area (TPSA) is 80.3 Å². The Morgan fingerprint density at radius 1 is 1.41 bits per heavy atom. The number of halogens is 1. The summed E-state index contributed by atoms with van der Waals surface area (Å²) < 4.78 is 7.45. The molecule has 0 spiro atoms. The van der Waals surface area contributed by atoms with Crippen LogP contribution in [0.25, 0.3) is 0 Å². The van der Waals surface area contributed by atoms with Gasteiger partial charge in [0.05, 0.1) is 12.8 Å². The zero-order chi connectivity index (χ0) is 18.2. The zero-order valence-corrected chi connectivity index (χ0v) is 18.6. The molecule has 0 saturated heterocycles. The monoisotopic (exact) mass is 486 g/mol. The minimum Gasteiger partial charge on any atom is -0.469 e. The van der Waals surface area contributed by atoms with Gasteiger partial charge in [-0.25, -0.2) is 9.67 Å². The summed E-state index contributed by atoms with van der Waals surface area (Å²) in [6.45, 7) is 6.76.